The van der Waals surface area contributed by atoms with Crippen LogP contribution in [0.3, 0.4) is 0 Å². The third kappa shape index (κ3) is 2.75. The molecule has 1 N–H and O–H groups in total. The molecule has 5 heterocycles. The van der Waals surface area contributed by atoms with E-state index in [0.29, 0.717) is 17.0 Å². The fraction of sp³-hybridized carbons (Fsp3) is 0.435. The van der Waals surface area contributed by atoms with E-state index in [0.717, 1.165) is 46.9 Å². The lowest BCUT2D eigenvalue weighted by molar-refractivity contribution is 0.0589. The van der Waals surface area contributed by atoms with Gasteiger partial charge in [-0.25, -0.2) is 18.9 Å². The molecular formula is C23H25FN6. The monoisotopic (exact) mass is 404 g/mol. The van der Waals surface area contributed by atoms with Gasteiger partial charge in [0.05, 0.1) is 23.3 Å². The van der Waals surface area contributed by atoms with Gasteiger partial charge in [-0.1, -0.05) is 0 Å². The second-order valence-electron chi connectivity index (χ2n) is 9.19. The summed E-state index contributed by atoms with van der Waals surface area (Å²) in [6.45, 7) is 6.18. The van der Waals surface area contributed by atoms with Crippen molar-refractivity contribution < 1.29 is 4.39 Å². The van der Waals surface area contributed by atoms with Crippen molar-refractivity contribution in [2.24, 2.45) is 5.41 Å². The molecule has 1 aliphatic carbocycles. The Kier molecular flexibility index (Phi) is 3.81. The van der Waals surface area contributed by atoms with Crippen LogP contribution in [0, 0.1) is 25.1 Å². The van der Waals surface area contributed by atoms with Crippen LogP contribution >= 0.6 is 0 Å². The van der Waals surface area contributed by atoms with E-state index in [4.69, 9.17) is 0 Å². The number of fused-ring (bicyclic) bond motifs is 2. The lowest BCUT2D eigenvalue weighted by atomic mass is 9.57. The van der Waals surface area contributed by atoms with Crippen LogP contribution in [-0.4, -0.2) is 37.1 Å². The average Bonchev–Trinajstić information content (AvgIpc) is 3.30. The van der Waals surface area contributed by atoms with Crippen LogP contribution in [0.15, 0.2) is 30.7 Å². The van der Waals surface area contributed by atoms with Gasteiger partial charge in [0.1, 0.15) is 0 Å². The van der Waals surface area contributed by atoms with Crippen LogP contribution in [0.1, 0.15) is 48.6 Å². The summed E-state index contributed by atoms with van der Waals surface area (Å²) in [6, 6.07) is 3.51. The Morgan fingerprint density at radius 3 is 2.63 bits per heavy atom. The van der Waals surface area contributed by atoms with E-state index in [2.05, 4.69) is 20.4 Å². The van der Waals surface area contributed by atoms with Crippen molar-refractivity contribution in [1.29, 1.82) is 0 Å². The Bertz CT molecular complexity index is 1270. The predicted molar refractivity (Wildman–Crippen MR) is 113 cm³/mol. The summed E-state index contributed by atoms with van der Waals surface area (Å²) in [5, 5.41) is 8.10. The summed E-state index contributed by atoms with van der Waals surface area (Å²) >= 11 is 0. The van der Waals surface area contributed by atoms with Crippen molar-refractivity contribution in [3.05, 3.63) is 53.5 Å². The van der Waals surface area contributed by atoms with Gasteiger partial charge >= 0.3 is 0 Å². The van der Waals surface area contributed by atoms with Crippen LogP contribution in [-0.2, 0) is 0 Å². The summed E-state index contributed by atoms with van der Waals surface area (Å²) in [7, 11) is 0. The van der Waals surface area contributed by atoms with E-state index in [-0.39, 0.29) is 5.82 Å². The third-order valence-electron chi connectivity index (χ3n) is 6.99. The normalized spacial score (nSPS) is 19.0. The zero-order valence-electron chi connectivity index (χ0n) is 17.3. The molecule has 1 saturated heterocycles. The minimum Gasteiger partial charge on any atom is -0.317 e. The second-order valence-corrected chi connectivity index (χ2v) is 9.19. The number of hydrogen-bond donors (Lipinski definition) is 1. The smallest absolute Gasteiger partial charge is 0.173 e. The number of piperidine rings is 1. The molecule has 1 spiro atoms. The lowest BCUT2D eigenvalue weighted by Gasteiger charge is -2.50. The van der Waals surface area contributed by atoms with Gasteiger partial charge < -0.3 is 9.72 Å². The maximum atomic E-state index is 15.0. The molecule has 0 aromatic carbocycles. The highest BCUT2D eigenvalue weighted by molar-refractivity contribution is 5.64. The Morgan fingerprint density at radius 2 is 1.83 bits per heavy atom. The minimum absolute atomic E-state index is 0.309. The molecule has 154 valence electrons. The SMILES string of the molecule is Cc1cn2nc(-c3cc(F)c4nc(C5CC6(CCNCC6)C5)cn4c3)cc(C)c2n1. The first kappa shape index (κ1) is 18.0. The maximum absolute atomic E-state index is 15.0. The number of aromatic nitrogens is 5. The molecule has 2 aliphatic rings. The molecular weight excluding hydrogens is 379 g/mol. The molecule has 0 amide bonds. The standard InChI is InChI=1S/C23H25FN6/c1-14-7-19(28-30-11-15(2)26-21(14)30)16-8-18(24)22-27-20(13-29(22)12-16)17-9-23(10-17)3-5-25-6-4-23/h7-8,11-13,17,25H,3-6,9-10H2,1-2H3. The fourth-order valence-corrected chi connectivity index (χ4v) is 5.36. The topological polar surface area (TPSA) is 59.5 Å². The van der Waals surface area contributed by atoms with Crippen molar-refractivity contribution in [2.45, 2.75) is 45.4 Å². The summed E-state index contributed by atoms with van der Waals surface area (Å²) in [5.74, 6) is 0.132. The molecule has 0 atom stereocenters. The van der Waals surface area contributed by atoms with Gasteiger partial charge in [0, 0.05) is 23.9 Å². The number of pyridine rings is 1. The van der Waals surface area contributed by atoms with E-state index in [9.17, 15) is 4.39 Å². The number of nitrogens with one attached hydrogen (secondary N) is 1. The molecule has 0 radical (unpaired) electrons. The summed E-state index contributed by atoms with van der Waals surface area (Å²) < 4.78 is 18.6. The van der Waals surface area contributed by atoms with Crippen molar-refractivity contribution in [2.75, 3.05) is 13.1 Å². The van der Waals surface area contributed by atoms with E-state index >= 15 is 0 Å². The Labute approximate surface area is 174 Å². The van der Waals surface area contributed by atoms with Crippen molar-refractivity contribution in [3.8, 4) is 11.3 Å². The highest BCUT2D eigenvalue weighted by Crippen LogP contribution is 2.55. The number of aryl methyl sites for hydroxylation is 2. The summed E-state index contributed by atoms with van der Waals surface area (Å²) in [5.41, 5.74) is 6.12. The Morgan fingerprint density at radius 1 is 1.03 bits per heavy atom. The van der Waals surface area contributed by atoms with Gasteiger partial charge in [0.2, 0.25) is 0 Å². The van der Waals surface area contributed by atoms with Gasteiger partial charge in [-0.3, -0.25) is 0 Å². The van der Waals surface area contributed by atoms with E-state index in [1.807, 2.05) is 42.9 Å². The molecule has 6 rings (SSSR count). The predicted octanol–water partition coefficient (Wildman–Crippen LogP) is 4.05. The first-order valence-electron chi connectivity index (χ1n) is 10.7. The highest BCUT2D eigenvalue weighted by atomic mass is 19.1. The first-order valence-corrected chi connectivity index (χ1v) is 10.7. The van der Waals surface area contributed by atoms with Crippen molar-refractivity contribution >= 4 is 11.3 Å². The number of hydrogen-bond acceptors (Lipinski definition) is 4. The second kappa shape index (κ2) is 6.35. The van der Waals surface area contributed by atoms with E-state index < -0.39 is 0 Å². The zero-order valence-corrected chi connectivity index (χ0v) is 17.3. The minimum atomic E-state index is -0.309. The maximum Gasteiger partial charge on any atom is 0.173 e. The first-order chi connectivity index (χ1) is 14.5. The zero-order chi connectivity index (χ0) is 20.5. The Balaban J connectivity index is 1.35. The molecule has 0 unspecified atom stereocenters. The van der Waals surface area contributed by atoms with Crippen LogP contribution in [0.25, 0.3) is 22.6 Å². The van der Waals surface area contributed by atoms with Gasteiger partial charge in [-0.15, -0.1) is 0 Å². The molecule has 7 heteroatoms. The van der Waals surface area contributed by atoms with Gasteiger partial charge in [0.25, 0.3) is 0 Å². The summed E-state index contributed by atoms with van der Waals surface area (Å²) in [6.07, 6.45) is 10.7. The van der Waals surface area contributed by atoms with Crippen molar-refractivity contribution in [1.82, 2.24) is 29.3 Å². The number of rotatable bonds is 2. The third-order valence-corrected chi connectivity index (χ3v) is 6.99. The average molecular weight is 404 g/mol. The number of nitrogens with zero attached hydrogens (tertiary/aromatic N) is 5. The fourth-order valence-electron chi connectivity index (χ4n) is 5.36. The van der Waals surface area contributed by atoms with Crippen LogP contribution in [0.2, 0.25) is 0 Å². The van der Waals surface area contributed by atoms with Gasteiger partial charge in [-0.2, -0.15) is 5.10 Å². The molecule has 1 aliphatic heterocycles. The van der Waals surface area contributed by atoms with Crippen LogP contribution < -0.4 is 5.32 Å². The lowest BCUT2D eigenvalue weighted by Crippen LogP contribution is -2.44. The molecule has 6 nitrogen and oxygen atoms in total. The largest absolute Gasteiger partial charge is 0.317 e. The highest BCUT2D eigenvalue weighted by Gasteiger charge is 2.45. The molecule has 1 saturated carbocycles. The molecule has 4 aromatic heterocycles. The van der Waals surface area contributed by atoms with E-state index in [1.165, 1.54) is 25.7 Å². The van der Waals surface area contributed by atoms with E-state index in [1.54, 1.807) is 10.6 Å². The summed E-state index contributed by atoms with van der Waals surface area (Å²) in [4.78, 5) is 9.15. The molecule has 0 bridgehead atoms. The Hall–Kier alpha value is -2.80. The van der Waals surface area contributed by atoms with Crippen LogP contribution in [0.4, 0.5) is 4.39 Å². The molecule has 30 heavy (non-hydrogen) atoms. The number of halogens is 1. The van der Waals surface area contributed by atoms with Crippen molar-refractivity contribution in [3.63, 3.8) is 0 Å². The molecule has 4 aromatic rings. The van der Waals surface area contributed by atoms with Gasteiger partial charge in [0.15, 0.2) is 17.1 Å². The quantitative estimate of drug-likeness (QED) is 0.548. The van der Waals surface area contributed by atoms with Crippen LogP contribution in [0.5, 0.6) is 0 Å². The molecule has 2 fully saturated rings. The number of imidazole rings is 2. The van der Waals surface area contributed by atoms with Gasteiger partial charge in [-0.05, 0) is 75.7 Å².